The quantitative estimate of drug-likeness (QED) is 0.630. The van der Waals surface area contributed by atoms with E-state index < -0.39 is 10.5 Å². The first-order chi connectivity index (χ1) is 7.35. The smallest absolute Gasteiger partial charge is 0.293 e. The summed E-state index contributed by atoms with van der Waals surface area (Å²) in [5.41, 5.74) is -0.388. The molecule has 2 N–H and O–H groups in total. The highest BCUT2D eigenvalue weighted by Crippen LogP contribution is 2.29. The van der Waals surface area contributed by atoms with Crippen LogP contribution in [0.4, 0.5) is 11.4 Å². The molecule has 0 aliphatic carbocycles. The van der Waals surface area contributed by atoms with Crippen molar-refractivity contribution in [1.82, 2.24) is 0 Å². The zero-order valence-electron chi connectivity index (χ0n) is 9.03. The molecule has 5 nitrogen and oxygen atoms in total. The largest absolute Gasteiger partial charge is 0.394 e. The van der Waals surface area contributed by atoms with E-state index in [1.807, 2.05) is 0 Å². The Bertz CT molecular complexity index is 407. The van der Waals surface area contributed by atoms with Crippen molar-refractivity contribution in [2.75, 3.05) is 11.9 Å². The molecule has 16 heavy (non-hydrogen) atoms. The van der Waals surface area contributed by atoms with Gasteiger partial charge in [0.25, 0.3) is 5.69 Å². The van der Waals surface area contributed by atoms with Gasteiger partial charge in [-0.25, -0.2) is 0 Å². The molecule has 0 unspecified atom stereocenters. The standard InChI is InChI=1S/C10H13ClN2O3/c1-10(2,6-14)12-8-4-3-7(11)5-9(8)13(15)16/h3-5,12,14H,6H2,1-2H3. The number of nitro benzene ring substituents is 1. The third-order valence-corrected chi connectivity index (χ3v) is 2.26. The van der Waals surface area contributed by atoms with Gasteiger partial charge in [-0.2, -0.15) is 0 Å². The molecule has 0 aromatic heterocycles. The van der Waals surface area contributed by atoms with E-state index in [-0.39, 0.29) is 12.3 Å². The maximum absolute atomic E-state index is 10.8. The lowest BCUT2D eigenvalue weighted by Gasteiger charge is -2.24. The van der Waals surface area contributed by atoms with Crippen molar-refractivity contribution in [2.45, 2.75) is 19.4 Å². The molecular weight excluding hydrogens is 232 g/mol. The molecule has 0 aliphatic rings. The fraction of sp³-hybridized carbons (Fsp3) is 0.400. The summed E-state index contributed by atoms with van der Waals surface area (Å²) >= 11 is 5.68. The Balaban J connectivity index is 3.09. The first kappa shape index (κ1) is 12.7. The van der Waals surface area contributed by atoms with Gasteiger partial charge in [-0.05, 0) is 26.0 Å². The summed E-state index contributed by atoms with van der Waals surface area (Å²) in [4.78, 5) is 10.3. The zero-order valence-corrected chi connectivity index (χ0v) is 9.78. The summed E-state index contributed by atoms with van der Waals surface area (Å²) in [5.74, 6) is 0. The van der Waals surface area contributed by atoms with Gasteiger partial charge in [0.05, 0.1) is 17.1 Å². The van der Waals surface area contributed by atoms with Crippen molar-refractivity contribution in [3.8, 4) is 0 Å². The molecule has 1 aromatic carbocycles. The van der Waals surface area contributed by atoms with Crippen LogP contribution in [0.5, 0.6) is 0 Å². The van der Waals surface area contributed by atoms with Crippen molar-refractivity contribution in [3.63, 3.8) is 0 Å². The topological polar surface area (TPSA) is 75.4 Å². The van der Waals surface area contributed by atoms with Gasteiger partial charge >= 0.3 is 0 Å². The monoisotopic (exact) mass is 244 g/mol. The minimum Gasteiger partial charge on any atom is -0.394 e. The Kier molecular flexibility index (Phi) is 3.72. The molecule has 0 amide bonds. The number of rotatable bonds is 4. The molecule has 6 heteroatoms. The molecule has 0 saturated carbocycles. The molecule has 0 atom stereocenters. The van der Waals surface area contributed by atoms with Crippen molar-refractivity contribution in [1.29, 1.82) is 0 Å². The van der Waals surface area contributed by atoms with Crippen LogP contribution >= 0.6 is 11.6 Å². The van der Waals surface area contributed by atoms with E-state index in [0.717, 1.165) is 0 Å². The van der Waals surface area contributed by atoms with E-state index in [2.05, 4.69) is 5.32 Å². The van der Waals surface area contributed by atoms with Gasteiger partial charge in [-0.3, -0.25) is 10.1 Å². The van der Waals surface area contributed by atoms with E-state index in [1.165, 1.54) is 12.1 Å². The van der Waals surface area contributed by atoms with Crippen LogP contribution < -0.4 is 5.32 Å². The number of benzene rings is 1. The van der Waals surface area contributed by atoms with Crippen LogP contribution in [0.25, 0.3) is 0 Å². The van der Waals surface area contributed by atoms with Crippen LogP contribution in [-0.4, -0.2) is 22.2 Å². The Morgan fingerprint density at radius 1 is 1.56 bits per heavy atom. The Morgan fingerprint density at radius 2 is 2.19 bits per heavy atom. The summed E-state index contributed by atoms with van der Waals surface area (Å²) in [6.07, 6.45) is 0. The number of nitrogens with one attached hydrogen (secondary N) is 1. The van der Waals surface area contributed by atoms with E-state index in [9.17, 15) is 10.1 Å². The second-order valence-electron chi connectivity index (χ2n) is 4.09. The fourth-order valence-electron chi connectivity index (χ4n) is 1.17. The first-order valence-electron chi connectivity index (χ1n) is 4.69. The summed E-state index contributed by atoms with van der Waals surface area (Å²) in [6.45, 7) is 3.35. The first-order valence-corrected chi connectivity index (χ1v) is 5.06. The number of aliphatic hydroxyl groups is 1. The van der Waals surface area contributed by atoms with E-state index in [4.69, 9.17) is 16.7 Å². The normalized spacial score (nSPS) is 11.2. The van der Waals surface area contributed by atoms with Gasteiger partial charge in [0.2, 0.25) is 0 Å². The minimum atomic E-state index is -0.626. The molecule has 0 radical (unpaired) electrons. The average Bonchev–Trinajstić information content (AvgIpc) is 2.20. The maximum Gasteiger partial charge on any atom is 0.293 e. The highest BCUT2D eigenvalue weighted by Gasteiger charge is 2.21. The second kappa shape index (κ2) is 4.67. The number of anilines is 1. The Hall–Kier alpha value is -1.33. The van der Waals surface area contributed by atoms with Crippen molar-refractivity contribution in [3.05, 3.63) is 33.3 Å². The lowest BCUT2D eigenvalue weighted by molar-refractivity contribution is -0.384. The van der Waals surface area contributed by atoms with Crippen LogP contribution in [0.3, 0.4) is 0 Å². The van der Waals surface area contributed by atoms with E-state index in [1.54, 1.807) is 19.9 Å². The molecule has 88 valence electrons. The summed E-state index contributed by atoms with van der Waals surface area (Å²) in [6, 6.07) is 4.36. The SMILES string of the molecule is CC(C)(CO)Nc1ccc(Cl)cc1[N+](=O)[O-]. The van der Waals surface area contributed by atoms with Crippen molar-refractivity contribution >= 4 is 23.0 Å². The van der Waals surface area contributed by atoms with Crippen LogP contribution in [0.1, 0.15) is 13.8 Å². The molecule has 0 saturated heterocycles. The zero-order chi connectivity index (χ0) is 12.3. The molecule has 1 aromatic rings. The number of nitro groups is 1. The predicted molar refractivity (Wildman–Crippen MR) is 62.9 cm³/mol. The third kappa shape index (κ3) is 3.08. The number of nitrogens with zero attached hydrogens (tertiary/aromatic N) is 1. The van der Waals surface area contributed by atoms with Gasteiger partial charge in [0.1, 0.15) is 5.69 Å². The maximum atomic E-state index is 10.8. The van der Waals surface area contributed by atoms with E-state index >= 15 is 0 Å². The number of hydrogen-bond acceptors (Lipinski definition) is 4. The predicted octanol–water partition coefficient (Wildman–Crippen LogP) is 2.43. The molecule has 0 heterocycles. The van der Waals surface area contributed by atoms with Crippen LogP contribution in [-0.2, 0) is 0 Å². The number of halogens is 1. The molecule has 0 fully saturated rings. The lowest BCUT2D eigenvalue weighted by Crippen LogP contribution is -2.35. The highest BCUT2D eigenvalue weighted by molar-refractivity contribution is 6.30. The summed E-state index contributed by atoms with van der Waals surface area (Å²) in [5, 5.41) is 23.1. The Labute approximate surface area is 98.2 Å². The minimum absolute atomic E-state index is 0.103. The molecule has 1 rings (SSSR count). The molecule has 0 bridgehead atoms. The Morgan fingerprint density at radius 3 is 2.69 bits per heavy atom. The highest BCUT2D eigenvalue weighted by atomic mass is 35.5. The van der Waals surface area contributed by atoms with Gasteiger partial charge < -0.3 is 10.4 Å². The molecule has 0 aliphatic heterocycles. The van der Waals surface area contributed by atoms with Crippen molar-refractivity contribution < 1.29 is 10.0 Å². The van der Waals surface area contributed by atoms with Crippen LogP contribution in [0.2, 0.25) is 5.02 Å². The van der Waals surface area contributed by atoms with E-state index in [0.29, 0.717) is 10.7 Å². The van der Waals surface area contributed by atoms with Crippen LogP contribution in [0, 0.1) is 10.1 Å². The van der Waals surface area contributed by atoms with Gasteiger partial charge in [-0.15, -0.1) is 0 Å². The fourth-order valence-corrected chi connectivity index (χ4v) is 1.33. The van der Waals surface area contributed by atoms with Gasteiger partial charge in [0.15, 0.2) is 0 Å². The van der Waals surface area contributed by atoms with Crippen molar-refractivity contribution in [2.24, 2.45) is 0 Å². The number of aliphatic hydroxyl groups excluding tert-OH is 1. The molecule has 0 spiro atoms. The lowest BCUT2D eigenvalue weighted by atomic mass is 10.1. The van der Waals surface area contributed by atoms with Gasteiger partial charge in [0, 0.05) is 11.1 Å². The molecular formula is C10H13ClN2O3. The van der Waals surface area contributed by atoms with Gasteiger partial charge in [-0.1, -0.05) is 11.6 Å². The average molecular weight is 245 g/mol. The third-order valence-electron chi connectivity index (χ3n) is 2.02. The second-order valence-corrected chi connectivity index (χ2v) is 4.52. The summed E-state index contributed by atoms with van der Waals surface area (Å²) in [7, 11) is 0. The number of hydrogen-bond donors (Lipinski definition) is 2. The summed E-state index contributed by atoms with van der Waals surface area (Å²) < 4.78 is 0. The van der Waals surface area contributed by atoms with Crippen LogP contribution in [0.15, 0.2) is 18.2 Å².